The van der Waals surface area contributed by atoms with Crippen molar-refractivity contribution >= 4 is 23.6 Å². The Morgan fingerprint density at radius 3 is 3.12 bits per heavy atom. The summed E-state index contributed by atoms with van der Waals surface area (Å²) in [6.45, 7) is 1.83. The Balaban J connectivity index is 2.84. The van der Waals surface area contributed by atoms with Gasteiger partial charge in [0, 0.05) is 17.8 Å². The smallest absolute Gasteiger partial charge is 0.224 e. The lowest BCUT2D eigenvalue weighted by atomic mass is 10.2. The maximum absolute atomic E-state index is 11.4. The van der Waals surface area contributed by atoms with Crippen LogP contribution in [0.5, 0.6) is 0 Å². The highest BCUT2D eigenvalue weighted by atomic mass is 32.1. The molecule has 0 bridgehead atoms. The van der Waals surface area contributed by atoms with Gasteiger partial charge >= 0.3 is 0 Å². The summed E-state index contributed by atoms with van der Waals surface area (Å²) in [5, 5.41) is 5.89. The zero-order chi connectivity index (χ0) is 12.5. The van der Waals surface area contributed by atoms with Crippen LogP contribution in [0.4, 0.5) is 0 Å². The van der Waals surface area contributed by atoms with Crippen LogP contribution in [0, 0.1) is 0 Å². The van der Waals surface area contributed by atoms with E-state index < -0.39 is 0 Å². The zero-order valence-electron chi connectivity index (χ0n) is 10.0. The van der Waals surface area contributed by atoms with Gasteiger partial charge in [-0.15, -0.1) is 0 Å². The summed E-state index contributed by atoms with van der Waals surface area (Å²) < 4.78 is 0. The van der Waals surface area contributed by atoms with Crippen LogP contribution in [-0.2, 0) is 4.79 Å². The number of hydrogen-bond acceptors (Lipinski definition) is 2. The number of rotatable bonds is 4. The lowest BCUT2D eigenvalue weighted by Gasteiger charge is -2.08. The molecule has 0 heterocycles. The molecule has 92 valence electrons. The lowest BCUT2D eigenvalue weighted by Crippen LogP contribution is -2.21. The zero-order valence-corrected chi connectivity index (χ0v) is 10.8. The van der Waals surface area contributed by atoms with E-state index in [0.717, 1.165) is 30.7 Å². The fourth-order valence-corrected chi connectivity index (χ4v) is 1.65. The van der Waals surface area contributed by atoms with Gasteiger partial charge in [0.2, 0.25) is 5.91 Å². The molecule has 0 aliphatic heterocycles. The van der Waals surface area contributed by atoms with E-state index in [0.29, 0.717) is 6.42 Å². The van der Waals surface area contributed by atoms with Crippen molar-refractivity contribution in [2.24, 2.45) is 0 Å². The highest BCUT2D eigenvalue weighted by molar-refractivity contribution is 7.78. The molecule has 0 spiro atoms. The molecular formula is C13H18N2OS. The Morgan fingerprint density at radius 2 is 2.41 bits per heavy atom. The van der Waals surface area contributed by atoms with Crippen molar-refractivity contribution in [3.05, 3.63) is 35.7 Å². The van der Waals surface area contributed by atoms with Gasteiger partial charge in [-0.3, -0.25) is 4.79 Å². The first kappa shape index (κ1) is 13.6. The van der Waals surface area contributed by atoms with Crippen molar-refractivity contribution in [2.75, 3.05) is 0 Å². The molecule has 0 saturated heterocycles. The SMILES string of the molecule is CCC(=O)NC1=C/C=C\CCC/C(NC=S)=C\1. The standard InChI is InChI=1S/C13H18N2OS/c1-2-13(16)15-12-8-6-4-3-5-7-11(9-12)14-10-17/h4,6,8-10H,2-3,5,7H2,1H3,(H,14,17)(H,15,16)/b6-4-,11-9+,12-8+. The van der Waals surface area contributed by atoms with Crippen molar-refractivity contribution in [1.29, 1.82) is 0 Å². The van der Waals surface area contributed by atoms with Crippen molar-refractivity contribution in [3.63, 3.8) is 0 Å². The Hall–Kier alpha value is -1.42. The summed E-state index contributed by atoms with van der Waals surface area (Å²) >= 11 is 4.79. The molecule has 1 aliphatic carbocycles. The summed E-state index contributed by atoms with van der Waals surface area (Å²) in [7, 11) is 0. The van der Waals surface area contributed by atoms with Gasteiger partial charge in [-0.1, -0.05) is 31.3 Å². The minimum atomic E-state index is 0.0156. The molecule has 0 atom stereocenters. The maximum atomic E-state index is 11.4. The molecule has 1 amide bonds. The molecule has 0 unspecified atom stereocenters. The van der Waals surface area contributed by atoms with E-state index in [1.54, 1.807) is 0 Å². The Morgan fingerprint density at radius 1 is 1.59 bits per heavy atom. The molecule has 0 saturated carbocycles. The van der Waals surface area contributed by atoms with Gasteiger partial charge in [0.25, 0.3) is 0 Å². The second-order valence-corrected chi connectivity index (χ2v) is 4.01. The van der Waals surface area contributed by atoms with E-state index in [9.17, 15) is 4.79 Å². The summed E-state index contributed by atoms with van der Waals surface area (Å²) in [5.41, 5.74) is 3.33. The van der Waals surface area contributed by atoms with Gasteiger partial charge in [-0.25, -0.2) is 0 Å². The average Bonchev–Trinajstić information content (AvgIpc) is 2.42. The monoisotopic (exact) mass is 250 g/mol. The Labute approximate surface area is 108 Å². The number of carbonyl (C=O) groups excluding carboxylic acids is 1. The van der Waals surface area contributed by atoms with Gasteiger partial charge in [-0.05, 0) is 31.4 Å². The minimum Gasteiger partial charge on any atom is -0.356 e. The van der Waals surface area contributed by atoms with Gasteiger partial charge < -0.3 is 10.6 Å². The predicted molar refractivity (Wildman–Crippen MR) is 74.4 cm³/mol. The summed E-state index contributed by atoms with van der Waals surface area (Å²) in [6, 6.07) is 0. The van der Waals surface area contributed by atoms with E-state index in [2.05, 4.69) is 16.7 Å². The third-order valence-corrected chi connectivity index (χ3v) is 2.53. The molecule has 0 fully saturated rings. The van der Waals surface area contributed by atoms with Crippen molar-refractivity contribution < 1.29 is 4.79 Å². The van der Waals surface area contributed by atoms with Crippen LogP contribution in [0.15, 0.2) is 35.7 Å². The van der Waals surface area contributed by atoms with Crippen molar-refractivity contribution in [2.45, 2.75) is 32.6 Å². The van der Waals surface area contributed by atoms with E-state index in [1.807, 2.05) is 25.2 Å². The molecular weight excluding hydrogens is 232 g/mol. The van der Waals surface area contributed by atoms with Crippen LogP contribution in [0.1, 0.15) is 32.6 Å². The summed E-state index contributed by atoms with van der Waals surface area (Å²) in [6.07, 6.45) is 11.4. The normalized spacial score (nSPS) is 23.8. The predicted octanol–water partition coefficient (Wildman–Crippen LogP) is 2.57. The number of thiocarbonyl (C=S) groups is 1. The minimum absolute atomic E-state index is 0.0156. The molecule has 0 radical (unpaired) electrons. The molecule has 2 N–H and O–H groups in total. The molecule has 17 heavy (non-hydrogen) atoms. The molecule has 0 aromatic carbocycles. The second-order valence-electron chi connectivity index (χ2n) is 3.78. The lowest BCUT2D eigenvalue weighted by molar-refractivity contribution is -0.120. The number of carbonyl (C=O) groups is 1. The van der Waals surface area contributed by atoms with E-state index in [4.69, 9.17) is 12.2 Å². The third-order valence-electron chi connectivity index (χ3n) is 2.41. The number of allylic oxidation sites excluding steroid dienone is 5. The summed E-state index contributed by atoms with van der Waals surface area (Å²) in [4.78, 5) is 11.4. The quantitative estimate of drug-likeness (QED) is 0.753. The average molecular weight is 250 g/mol. The number of amides is 1. The molecule has 0 aromatic heterocycles. The second kappa shape index (κ2) is 7.79. The molecule has 3 nitrogen and oxygen atoms in total. The van der Waals surface area contributed by atoms with E-state index in [-0.39, 0.29) is 5.91 Å². The largest absolute Gasteiger partial charge is 0.356 e. The first-order valence-corrected chi connectivity index (χ1v) is 6.31. The van der Waals surface area contributed by atoms with Gasteiger partial charge in [0.05, 0.1) is 5.49 Å². The van der Waals surface area contributed by atoms with E-state index in [1.165, 1.54) is 5.49 Å². The van der Waals surface area contributed by atoms with Crippen LogP contribution < -0.4 is 10.6 Å². The summed E-state index contributed by atoms with van der Waals surface area (Å²) in [5.74, 6) is 0.0156. The van der Waals surface area contributed by atoms with Crippen LogP contribution in [0.2, 0.25) is 0 Å². The third kappa shape index (κ3) is 5.45. The van der Waals surface area contributed by atoms with Crippen LogP contribution in [-0.4, -0.2) is 11.4 Å². The van der Waals surface area contributed by atoms with Crippen LogP contribution >= 0.6 is 12.2 Å². The fraction of sp³-hybridized carbons (Fsp3) is 0.385. The highest BCUT2D eigenvalue weighted by Crippen LogP contribution is 2.10. The van der Waals surface area contributed by atoms with Crippen LogP contribution in [0.25, 0.3) is 0 Å². The molecule has 1 rings (SSSR count). The molecule has 1 aliphatic rings. The van der Waals surface area contributed by atoms with E-state index >= 15 is 0 Å². The number of nitrogens with one attached hydrogen (secondary N) is 2. The number of hydrogen-bond donors (Lipinski definition) is 2. The Kier molecular flexibility index (Phi) is 6.25. The maximum Gasteiger partial charge on any atom is 0.224 e. The van der Waals surface area contributed by atoms with Gasteiger partial charge in [0.15, 0.2) is 0 Å². The highest BCUT2D eigenvalue weighted by Gasteiger charge is 2.03. The van der Waals surface area contributed by atoms with Gasteiger partial charge in [0.1, 0.15) is 0 Å². The first-order chi connectivity index (χ1) is 8.26. The molecule has 0 aromatic rings. The van der Waals surface area contributed by atoms with Crippen molar-refractivity contribution in [3.8, 4) is 0 Å². The molecule has 4 heteroatoms. The fourth-order valence-electron chi connectivity index (χ4n) is 1.50. The van der Waals surface area contributed by atoms with Crippen LogP contribution in [0.3, 0.4) is 0 Å². The topological polar surface area (TPSA) is 41.1 Å². The van der Waals surface area contributed by atoms with Crippen molar-refractivity contribution in [1.82, 2.24) is 10.6 Å². The Bertz CT molecular complexity index is 370. The van der Waals surface area contributed by atoms with Gasteiger partial charge in [-0.2, -0.15) is 0 Å². The first-order valence-electron chi connectivity index (χ1n) is 5.83.